The molecule has 1 fully saturated rings. The van der Waals surface area contributed by atoms with Gasteiger partial charge in [-0.15, -0.1) is 0 Å². The largest absolute Gasteiger partial charge is 0.384 e. The summed E-state index contributed by atoms with van der Waals surface area (Å²) in [6.45, 7) is 7.15. The van der Waals surface area contributed by atoms with Crippen LogP contribution in [0, 0.1) is 13.8 Å². The Hall–Kier alpha value is -4.05. The normalized spacial score (nSPS) is 14.0. The molecule has 3 N–H and O–H groups in total. The third-order valence-electron chi connectivity index (χ3n) is 6.20. The lowest BCUT2D eigenvalue weighted by atomic mass is 10.1. The predicted octanol–water partition coefficient (Wildman–Crippen LogP) is 2.44. The number of aryl methyl sites for hydroxylation is 2. The fourth-order valence-corrected chi connectivity index (χ4v) is 4.31. The Balaban J connectivity index is 1.28. The van der Waals surface area contributed by atoms with Crippen LogP contribution in [0.25, 0.3) is 11.0 Å². The first-order chi connectivity index (χ1) is 17.0. The van der Waals surface area contributed by atoms with Gasteiger partial charge in [-0.05, 0) is 42.2 Å². The predicted molar refractivity (Wildman–Crippen MR) is 133 cm³/mol. The second-order valence-electron chi connectivity index (χ2n) is 8.75. The number of nitrogens with two attached hydrogens (primary N) is 1. The van der Waals surface area contributed by atoms with Crippen molar-refractivity contribution < 1.29 is 9.53 Å². The Labute approximate surface area is 203 Å². The quantitative estimate of drug-likeness (QED) is 0.420. The van der Waals surface area contributed by atoms with Gasteiger partial charge in [0.2, 0.25) is 5.91 Å². The molecule has 1 aromatic carbocycles. The van der Waals surface area contributed by atoms with Gasteiger partial charge in [-0.3, -0.25) is 9.48 Å². The van der Waals surface area contributed by atoms with Crippen molar-refractivity contribution in [3.63, 3.8) is 0 Å². The number of ether oxygens (including phenoxy) is 1. The van der Waals surface area contributed by atoms with Crippen LogP contribution in [0.2, 0.25) is 0 Å². The van der Waals surface area contributed by atoms with E-state index in [0.29, 0.717) is 44.3 Å². The molecule has 1 saturated heterocycles. The maximum atomic E-state index is 12.0. The molecule has 4 heterocycles. The summed E-state index contributed by atoms with van der Waals surface area (Å²) in [7, 11) is 0. The van der Waals surface area contributed by atoms with Crippen molar-refractivity contribution in [3.8, 4) is 0 Å². The van der Waals surface area contributed by atoms with Crippen LogP contribution in [0.3, 0.4) is 0 Å². The number of hydrogen-bond acceptors (Lipinski definition) is 8. The van der Waals surface area contributed by atoms with Crippen LogP contribution in [0.4, 0.5) is 11.6 Å². The van der Waals surface area contributed by atoms with E-state index in [0.717, 1.165) is 39.2 Å². The van der Waals surface area contributed by atoms with Crippen LogP contribution in [-0.4, -0.2) is 55.3 Å². The summed E-state index contributed by atoms with van der Waals surface area (Å²) in [4.78, 5) is 26.9. The minimum Gasteiger partial charge on any atom is -0.384 e. The van der Waals surface area contributed by atoms with Gasteiger partial charge in [0.1, 0.15) is 24.6 Å². The number of benzene rings is 1. The van der Waals surface area contributed by atoms with Crippen LogP contribution in [0.1, 0.15) is 27.9 Å². The van der Waals surface area contributed by atoms with E-state index in [2.05, 4.69) is 49.6 Å². The summed E-state index contributed by atoms with van der Waals surface area (Å²) < 4.78 is 7.07. The zero-order chi connectivity index (χ0) is 24.4. The van der Waals surface area contributed by atoms with Crippen molar-refractivity contribution in [1.82, 2.24) is 29.6 Å². The number of morpholine rings is 1. The number of rotatable bonds is 7. The maximum absolute atomic E-state index is 12.0. The number of fused-ring (bicyclic) bond motifs is 1. The highest BCUT2D eigenvalue weighted by Gasteiger charge is 2.18. The van der Waals surface area contributed by atoms with E-state index in [-0.39, 0.29) is 12.5 Å². The first-order valence-corrected chi connectivity index (χ1v) is 11.5. The van der Waals surface area contributed by atoms with E-state index < -0.39 is 0 Å². The molecule has 10 heteroatoms. The molecule has 0 saturated carbocycles. The SMILES string of the molecule is Cc1cc(N)nc(C)c1CNc1ncnc2nn(Cc3ccc(CN4CCOCC4=O)cc3)cc12. The van der Waals surface area contributed by atoms with Gasteiger partial charge in [0.05, 0.1) is 18.5 Å². The Morgan fingerprint density at radius 2 is 1.89 bits per heavy atom. The Kier molecular flexibility index (Phi) is 6.28. The second-order valence-corrected chi connectivity index (χ2v) is 8.75. The smallest absolute Gasteiger partial charge is 0.248 e. The summed E-state index contributed by atoms with van der Waals surface area (Å²) in [5, 5.41) is 8.89. The molecule has 1 aliphatic rings. The molecule has 1 amide bonds. The molecule has 1 aliphatic heterocycles. The third-order valence-corrected chi connectivity index (χ3v) is 6.20. The number of anilines is 2. The van der Waals surface area contributed by atoms with Crippen molar-refractivity contribution in [2.75, 3.05) is 30.8 Å². The van der Waals surface area contributed by atoms with Crippen molar-refractivity contribution in [2.45, 2.75) is 33.5 Å². The van der Waals surface area contributed by atoms with Crippen LogP contribution in [-0.2, 0) is 29.2 Å². The van der Waals surface area contributed by atoms with Gasteiger partial charge in [0.25, 0.3) is 0 Å². The van der Waals surface area contributed by atoms with E-state index in [9.17, 15) is 4.79 Å². The molecule has 0 aliphatic carbocycles. The zero-order valence-corrected chi connectivity index (χ0v) is 19.9. The number of nitrogens with zero attached hydrogens (tertiary/aromatic N) is 6. The summed E-state index contributed by atoms with van der Waals surface area (Å²) >= 11 is 0. The van der Waals surface area contributed by atoms with Crippen molar-refractivity contribution in [3.05, 3.63) is 70.8 Å². The van der Waals surface area contributed by atoms with Crippen LogP contribution in [0.5, 0.6) is 0 Å². The minimum atomic E-state index is 0.0343. The van der Waals surface area contributed by atoms with Gasteiger partial charge in [-0.2, -0.15) is 5.10 Å². The molecule has 0 unspecified atom stereocenters. The lowest BCUT2D eigenvalue weighted by Gasteiger charge is -2.26. The number of aromatic nitrogens is 5. The second kappa shape index (κ2) is 9.67. The highest BCUT2D eigenvalue weighted by Crippen LogP contribution is 2.21. The summed E-state index contributed by atoms with van der Waals surface area (Å²) in [5.74, 6) is 1.28. The maximum Gasteiger partial charge on any atom is 0.248 e. The average molecular weight is 473 g/mol. The van der Waals surface area contributed by atoms with E-state index in [4.69, 9.17) is 10.5 Å². The molecule has 0 atom stereocenters. The molecule has 35 heavy (non-hydrogen) atoms. The standard InChI is InChI=1S/C25H28N8O2/c1-16-9-22(26)30-17(2)20(16)10-27-24-21-13-33(31-25(21)29-15-28-24)12-19-5-3-18(4-6-19)11-32-7-8-35-14-23(32)34/h3-6,9,13,15H,7-8,10-12,14H2,1-2H3,(H2,26,30)(H,27,28,29,31). The van der Waals surface area contributed by atoms with Crippen LogP contribution in [0.15, 0.2) is 42.9 Å². The topological polar surface area (TPSA) is 124 Å². The van der Waals surface area contributed by atoms with Gasteiger partial charge in [0, 0.05) is 31.5 Å². The molecule has 0 spiro atoms. The molecular formula is C25H28N8O2. The number of pyridine rings is 1. The van der Waals surface area contributed by atoms with Gasteiger partial charge < -0.3 is 20.7 Å². The average Bonchev–Trinajstić information content (AvgIpc) is 3.24. The fourth-order valence-electron chi connectivity index (χ4n) is 4.31. The Bertz CT molecular complexity index is 1340. The molecular weight excluding hydrogens is 444 g/mol. The van der Waals surface area contributed by atoms with E-state index in [1.54, 1.807) is 0 Å². The van der Waals surface area contributed by atoms with Gasteiger partial charge in [-0.25, -0.2) is 15.0 Å². The third kappa shape index (κ3) is 5.07. The number of carbonyl (C=O) groups is 1. The summed E-state index contributed by atoms with van der Waals surface area (Å²) in [6, 6.07) is 10.1. The molecule has 3 aromatic heterocycles. The lowest BCUT2D eigenvalue weighted by molar-refractivity contribution is -0.143. The van der Waals surface area contributed by atoms with Crippen molar-refractivity contribution in [1.29, 1.82) is 0 Å². The number of hydrogen-bond donors (Lipinski definition) is 2. The summed E-state index contributed by atoms with van der Waals surface area (Å²) in [5.41, 5.74) is 11.8. The van der Waals surface area contributed by atoms with E-state index in [1.165, 1.54) is 6.33 Å². The number of nitrogen functional groups attached to an aromatic ring is 1. The molecule has 5 rings (SSSR count). The van der Waals surface area contributed by atoms with Gasteiger partial charge in [-0.1, -0.05) is 24.3 Å². The molecule has 180 valence electrons. The molecule has 10 nitrogen and oxygen atoms in total. The monoisotopic (exact) mass is 472 g/mol. The van der Waals surface area contributed by atoms with Gasteiger partial charge >= 0.3 is 0 Å². The molecule has 4 aromatic rings. The molecule has 0 radical (unpaired) electrons. The lowest BCUT2D eigenvalue weighted by Crippen LogP contribution is -2.40. The Morgan fingerprint density at radius 3 is 2.63 bits per heavy atom. The number of carbonyl (C=O) groups excluding carboxylic acids is 1. The van der Waals surface area contributed by atoms with Crippen LogP contribution >= 0.6 is 0 Å². The summed E-state index contributed by atoms with van der Waals surface area (Å²) in [6.07, 6.45) is 3.48. The Morgan fingerprint density at radius 1 is 1.11 bits per heavy atom. The number of amides is 1. The van der Waals surface area contributed by atoms with E-state index >= 15 is 0 Å². The first-order valence-electron chi connectivity index (χ1n) is 11.5. The van der Waals surface area contributed by atoms with Crippen molar-refractivity contribution in [2.24, 2.45) is 0 Å². The zero-order valence-electron chi connectivity index (χ0n) is 19.9. The van der Waals surface area contributed by atoms with E-state index in [1.807, 2.05) is 35.7 Å². The fraction of sp³-hybridized carbons (Fsp3) is 0.320. The van der Waals surface area contributed by atoms with Crippen molar-refractivity contribution >= 4 is 28.6 Å². The highest BCUT2D eigenvalue weighted by molar-refractivity contribution is 5.85. The minimum absolute atomic E-state index is 0.0343. The van der Waals surface area contributed by atoms with Gasteiger partial charge in [0.15, 0.2) is 5.65 Å². The highest BCUT2D eigenvalue weighted by atomic mass is 16.5. The van der Waals surface area contributed by atoms with Crippen LogP contribution < -0.4 is 11.1 Å². The molecule has 0 bridgehead atoms. The number of nitrogens with one attached hydrogen (secondary N) is 1. The first kappa shape index (κ1) is 22.7.